The summed E-state index contributed by atoms with van der Waals surface area (Å²) in [5, 5.41) is 4.76. The molecule has 0 aromatic heterocycles. The Hall–Kier alpha value is -1.49. The molecule has 6 heteroatoms. The molecule has 4 fully saturated rings. The number of nitrogens with one attached hydrogen (secondary N) is 1. The Bertz CT molecular complexity index is 961. The van der Waals surface area contributed by atoms with E-state index in [0.717, 1.165) is 29.9 Å². The van der Waals surface area contributed by atoms with Crippen molar-refractivity contribution in [1.29, 1.82) is 0 Å². The molecule has 2 aromatic carbocycles. The number of rotatable bonds is 8. The van der Waals surface area contributed by atoms with Gasteiger partial charge in [-0.05, 0) is 93.0 Å². The Morgan fingerprint density at radius 1 is 0.969 bits per heavy atom. The molecule has 0 aliphatic heterocycles. The van der Waals surface area contributed by atoms with Crippen LogP contribution in [0.2, 0.25) is 10.0 Å². The smallest absolute Gasteiger partial charge is 0.180 e. The third-order valence-electron chi connectivity index (χ3n) is 7.46. The van der Waals surface area contributed by atoms with Crippen molar-refractivity contribution in [2.45, 2.75) is 64.1 Å². The van der Waals surface area contributed by atoms with Crippen molar-refractivity contribution in [3.63, 3.8) is 0 Å². The van der Waals surface area contributed by atoms with Crippen molar-refractivity contribution in [3.05, 3.63) is 57.3 Å². The minimum absolute atomic E-state index is 0.184. The Labute approximate surface area is 199 Å². The second kappa shape index (κ2) is 9.04. The van der Waals surface area contributed by atoms with Crippen molar-refractivity contribution in [1.82, 2.24) is 5.32 Å². The van der Waals surface area contributed by atoms with Gasteiger partial charge in [-0.1, -0.05) is 29.3 Å². The zero-order valence-electron chi connectivity index (χ0n) is 18.4. The highest BCUT2D eigenvalue weighted by atomic mass is 35.5. The van der Waals surface area contributed by atoms with Gasteiger partial charge in [0.2, 0.25) is 0 Å². The minimum Gasteiger partial charge on any atom is -0.490 e. The van der Waals surface area contributed by atoms with Crippen molar-refractivity contribution >= 4 is 23.2 Å². The summed E-state index contributed by atoms with van der Waals surface area (Å²) < 4.78 is 25.2. The highest BCUT2D eigenvalue weighted by molar-refractivity contribution is 6.32. The first-order chi connectivity index (χ1) is 15.4. The molecule has 4 saturated carbocycles. The van der Waals surface area contributed by atoms with Crippen molar-refractivity contribution in [3.8, 4) is 11.5 Å². The van der Waals surface area contributed by atoms with Crippen LogP contribution in [-0.4, -0.2) is 12.1 Å². The first-order valence-corrected chi connectivity index (χ1v) is 12.5. The van der Waals surface area contributed by atoms with Gasteiger partial charge in [-0.3, -0.25) is 0 Å². The van der Waals surface area contributed by atoms with Crippen LogP contribution in [0.4, 0.5) is 4.39 Å². The lowest BCUT2D eigenvalue weighted by molar-refractivity contribution is -0.0206. The molecular weight excluding hydrogens is 448 g/mol. The van der Waals surface area contributed by atoms with Crippen LogP contribution < -0.4 is 14.8 Å². The first-order valence-electron chi connectivity index (χ1n) is 11.7. The predicted molar refractivity (Wildman–Crippen MR) is 126 cm³/mol. The number of hydrogen-bond acceptors (Lipinski definition) is 3. The Morgan fingerprint density at radius 3 is 2.28 bits per heavy atom. The molecule has 4 aliphatic carbocycles. The van der Waals surface area contributed by atoms with E-state index in [1.807, 2.05) is 19.1 Å². The van der Waals surface area contributed by atoms with E-state index in [0.29, 0.717) is 39.3 Å². The second-order valence-corrected chi connectivity index (χ2v) is 10.7. The second-order valence-electron chi connectivity index (χ2n) is 9.91. The molecule has 172 valence electrons. The largest absolute Gasteiger partial charge is 0.490 e. The lowest BCUT2D eigenvalue weighted by Gasteiger charge is -2.57. The molecule has 0 spiro atoms. The van der Waals surface area contributed by atoms with E-state index >= 15 is 0 Å². The molecule has 0 heterocycles. The summed E-state index contributed by atoms with van der Waals surface area (Å²) in [4.78, 5) is 0. The number of ether oxygens (including phenoxy) is 2. The van der Waals surface area contributed by atoms with Crippen molar-refractivity contribution in [2.24, 2.45) is 17.8 Å². The summed E-state index contributed by atoms with van der Waals surface area (Å²) in [6.07, 6.45) is 8.24. The topological polar surface area (TPSA) is 30.5 Å². The summed E-state index contributed by atoms with van der Waals surface area (Å²) in [5.41, 5.74) is 2.09. The van der Waals surface area contributed by atoms with Gasteiger partial charge in [-0.15, -0.1) is 0 Å². The fourth-order valence-corrected chi connectivity index (χ4v) is 7.04. The van der Waals surface area contributed by atoms with Crippen molar-refractivity contribution in [2.75, 3.05) is 6.61 Å². The van der Waals surface area contributed by atoms with E-state index in [-0.39, 0.29) is 12.4 Å². The molecule has 4 aliphatic rings. The molecule has 32 heavy (non-hydrogen) atoms. The van der Waals surface area contributed by atoms with Gasteiger partial charge in [0.1, 0.15) is 12.4 Å². The maximum absolute atomic E-state index is 13.3. The molecular formula is C26H30Cl2FNO2. The number of halogens is 3. The van der Waals surface area contributed by atoms with Crippen LogP contribution in [0.25, 0.3) is 0 Å². The third-order valence-corrected chi connectivity index (χ3v) is 8.09. The van der Waals surface area contributed by atoms with E-state index in [1.54, 1.807) is 6.07 Å². The van der Waals surface area contributed by atoms with Gasteiger partial charge < -0.3 is 14.8 Å². The average Bonchev–Trinajstić information content (AvgIpc) is 2.72. The maximum atomic E-state index is 13.3. The van der Waals surface area contributed by atoms with Crippen LogP contribution in [0.3, 0.4) is 0 Å². The molecule has 0 atom stereocenters. The predicted octanol–water partition coefficient (Wildman–Crippen LogP) is 7.17. The van der Waals surface area contributed by atoms with Gasteiger partial charge in [0.15, 0.2) is 11.5 Å². The first kappa shape index (κ1) is 22.3. The van der Waals surface area contributed by atoms with Crippen LogP contribution in [0.1, 0.15) is 56.6 Å². The van der Waals surface area contributed by atoms with Gasteiger partial charge in [0.25, 0.3) is 0 Å². The summed E-state index contributed by atoms with van der Waals surface area (Å²) in [7, 11) is 0. The van der Waals surface area contributed by atoms with Crippen LogP contribution in [0, 0.1) is 23.6 Å². The van der Waals surface area contributed by atoms with Crippen LogP contribution in [0.5, 0.6) is 11.5 Å². The van der Waals surface area contributed by atoms with E-state index in [9.17, 15) is 4.39 Å². The highest BCUT2D eigenvalue weighted by Gasteiger charge is 2.50. The minimum atomic E-state index is -0.373. The molecule has 0 amide bonds. The summed E-state index contributed by atoms with van der Waals surface area (Å²) in [5.74, 6) is 3.47. The monoisotopic (exact) mass is 477 g/mol. The Morgan fingerprint density at radius 2 is 1.66 bits per heavy atom. The molecule has 6 rings (SSSR count). The summed E-state index contributed by atoms with van der Waals surface area (Å²) in [6, 6.07) is 8.25. The third kappa shape index (κ3) is 4.60. The highest BCUT2D eigenvalue weighted by Crippen LogP contribution is 2.55. The fourth-order valence-electron chi connectivity index (χ4n) is 6.53. The molecule has 4 bridgehead atoms. The van der Waals surface area contributed by atoms with E-state index < -0.39 is 0 Å². The standard InChI is InChI=1S/C26H30Cl2FNO2/c1-2-31-24-9-19(14-30-26-11-16-5-17(12-26)7-18(6-16)13-26)8-23(28)25(24)32-15-20-3-4-21(29)10-22(20)27/h3-4,8-10,16-18,30H,2,5-7,11-15H2,1H3. The lowest BCUT2D eigenvalue weighted by atomic mass is 9.53. The molecule has 0 unspecified atom stereocenters. The normalized spacial score (nSPS) is 28.2. The van der Waals surface area contributed by atoms with Gasteiger partial charge in [0, 0.05) is 17.6 Å². The van der Waals surface area contributed by atoms with E-state index in [2.05, 4.69) is 5.32 Å². The Kier molecular flexibility index (Phi) is 6.30. The van der Waals surface area contributed by atoms with Crippen LogP contribution in [-0.2, 0) is 13.2 Å². The van der Waals surface area contributed by atoms with Gasteiger partial charge >= 0.3 is 0 Å². The fraction of sp³-hybridized carbons (Fsp3) is 0.538. The van der Waals surface area contributed by atoms with E-state index in [1.165, 1.54) is 50.7 Å². The zero-order valence-corrected chi connectivity index (χ0v) is 19.9. The lowest BCUT2D eigenvalue weighted by Crippen LogP contribution is -2.58. The SMILES string of the molecule is CCOc1cc(CNC23CC4CC(CC(C4)C2)C3)cc(Cl)c1OCc1ccc(F)cc1Cl. The van der Waals surface area contributed by atoms with Crippen molar-refractivity contribution < 1.29 is 13.9 Å². The van der Waals surface area contributed by atoms with Gasteiger partial charge in [-0.2, -0.15) is 0 Å². The summed E-state index contributed by atoms with van der Waals surface area (Å²) in [6.45, 7) is 3.41. The quantitative estimate of drug-likeness (QED) is 0.436. The number of hydrogen-bond donors (Lipinski definition) is 1. The molecule has 0 saturated heterocycles. The van der Waals surface area contributed by atoms with Gasteiger partial charge in [0.05, 0.1) is 16.7 Å². The molecule has 1 N–H and O–H groups in total. The van der Waals surface area contributed by atoms with Crippen LogP contribution in [0.15, 0.2) is 30.3 Å². The zero-order chi connectivity index (χ0) is 22.3. The average molecular weight is 478 g/mol. The summed E-state index contributed by atoms with van der Waals surface area (Å²) >= 11 is 12.8. The molecule has 0 radical (unpaired) electrons. The number of benzene rings is 2. The van der Waals surface area contributed by atoms with E-state index in [4.69, 9.17) is 32.7 Å². The molecule has 2 aromatic rings. The molecule has 3 nitrogen and oxygen atoms in total. The van der Waals surface area contributed by atoms with Gasteiger partial charge in [-0.25, -0.2) is 4.39 Å². The van der Waals surface area contributed by atoms with Crippen LogP contribution >= 0.6 is 23.2 Å². The maximum Gasteiger partial charge on any atom is 0.180 e. The Balaban J connectivity index is 1.30.